The highest BCUT2D eigenvalue weighted by atomic mass is 127. The predicted molar refractivity (Wildman–Crippen MR) is 116 cm³/mol. The minimum atomic E-state index is -1.09. The summed E-state index contributed by atoms with van der Waals surface area (Å²) in [7, 11) is 1.45. The lowest BCUT2D eigenvalue weighted by molar-refractivity contribution is -0.139. The number of carboxylic acid groups (broad SMARTS) is 1. The molecule has 0 aliphatic carbocycles. The molecule has 0 atom stereocenters. The van der Waals surface area contributed by atoms with Gasteiger partial charge in [-0.1, -0.05) is 0 Å². The first kappa shape index (κ1) is 22.3. The van der Waals surface area contributed by atoms with Crippen LogP contribution in [0.1, 0.15) is 12.5 Å². The Labute approximate surface area is 181 Å². The molecule has 3 N–H and O–H groups in total. The van der Waals surface area contributed by atoms with E-state index in [1.54, 1.807) is 36.4 Å². The van der Waals surface area contributed by atoms with Gasteiger partial charge in [-0.2, -0.15) is 5.10 Å². The largest absolute Gasteiger partial charge is 0.494 e. The van der Waals surface area contributed by atoms with Crippen molar-refractivity contribution in [2.24, 2.45) is 5.10 Å². The maximum Gasteiger partial charge on any atom is 0.341 e. The van der Waals surface area contributed by atoms with Crippen LogP contribution in [0.3, 0.4) is 0 Å². The monoisotopic (exact) mass is 513 g/mol. The van der Waals surface area contributed by atoms with Gasteiger partial charge in [-0.15, -0.1) is 0 Å². The first-order valence-electron chi connectivity index (χ1n) is 8.48. The molecule has 0 aliphatic rings. The van der Waals surface area contributed by atoms with Gasteiger partial charge in [-0.25, -0.2) is 15.0 Å². The Kier molecular flexibility index (Phi) is 8.52. The maximum absolute atomic E-state index is 11.9. The van der Waals surface area contributed by atoms with Crippen LogP contribution in [0.5, 0.6) is 17.2 Å². The molecule has 0 unspecified atom stereocenters. The van der Waals surface area contributed by atoms with Gasteiger partial charge in [0.05, 0.1) is 23.5 Å². The Balaban J connectivity index is 1.97. The topological polar surface area (TPSA) is 118 Å². The molecule has 0 fully saturated rings. The number of methoxy groups -OCH3 is 1. The molecule has 0 spiro atoms. The number of amides is 2. The number of anilines is 1. The third kappa shape index (κ3) is 7.14. The standard InChI is InChI=1S/C19H20IN3O6/c1-3-28-14-6-4-13(5-7-14)22-19(26)23-21-10-12-8-15(20)18(16(9-12)27-2)29-11-17(24)25/h4-10H,3,11H2,1-2H3,(H,24,25)(H2,22,23,26)/b21-10+. The molecule has 154 valence electrons. The zero-order chi connectivity index (χ0) is 21.2. The second-order valence-electron chi connectivity index (χ2n) is 5.50. The van der Waals surface area contributed by atoms with Crippen molar-refractivity contribution in [1.82, 2.24) is 5.43 Å². The second-order valence-corrected chi connectivity index (χ2v) is 6.66. The van der Waals surface area contributed by atoms with Gasteiger partial charge in [0.1, 0.15) is 5.75 Å². The minimum Gasteiger partial charge on any atom is -0.494 e. The molecule has 10 heteroatoms. The fourth-order valence-electron chi connectivity index (χ4n) is 2.21. The normalized spacial score (nSPS) is 10.4. The number of nitrogens with zero attached hydrogens (tertiary/aromatic N) is 1. The quantitative estimate of drug-likeness (QED) is 0.269. The lowest BCUT2D eigenvalue weighted by Crippen LogP contribution is -2.24. The molecule has 0 bridgehead atoms. The molecular formula is C19H20IN3O6. The van der Waals surface area contributed by atoms with Crippen molar-refractivity contribution < 1.29 is 28.9 Å². The number of carbonyl (C=O) groups excluding carboxylic acids is 1. The summed E-state index contributed by atoms with van der Waals surface area (Å²) in [5.41, 5.74) is 3.60. The van der Waals surface area contributed by atoms with E-state index in [1.165, 1.54) is 13.3 Å². The van der Waals surface area contributed by atoms with Crippen LogP contribution in [0.4, 0.5) is 10.5 Å². The Morgan fingerprint density at radius 3 is 2.55 bits per heavy atom. The number of hydrazone groups is 1. The van der Waals surface area contributed by atoms with Gasteiger partial charge in [-0.05, 0) is 71.5 Å². The van der Waals surface area contributed by atoms with Crippen LogP contribution in [-0.2, 0) is 4.79 Å². The van der Waals surface area contributed by atoms with Crippen molar-refractivity contribution in [3.8, 4) is 17.2 Å². The number of carbonyl (C=O) groups is 2. The van der Waals surface area contributed by atoms with Gasteiger partial charge < -0.3 is 24.6 Å². The smallest absolute Gasteiger partial charge is 0.341 e. The molecule has 29 heavy (non-hydrogen) atoms. The maximum atomic E-state index is 11.9. The van der Waals surface area contributed by atoms with Crippen LogP contribution >= 0.6 is 22.6 Å². The van der Waals surface area contributed by atoms with Crippen LogP contribution in [0.25, 0.3) is 0 Å². The van der Waals surface area contributed by atoms with Crippen molar-refractivity contribution in [1.29, 1.82) is 0 Å². The summed E-state index contributed by atoms with van der Waals surface area (Å²) >= 11 is 2.00. The number of urea groups is 1. The second kappa shape index (κ2) is 11.1. The van der Waals surface area contributed by atoms with E-state index < -0.39 is 18.6 Å². The van der Waals surface area contributed by atoms with E-state index >= 15 is 0 Å². The number of aliphatic carboxylic acids is 1. The number of rotatable bonds is 9. The lowest BCUT2D eigenvalue weighted by Gasteiger charge is -2.12. The third-order valence-corrected chi connectivity index (χ3v) is 4.20. The van der Waals surface area contributed by atoms with Crippen molar-refractivity contribution in [3.05, 3.63) is 45.5 Å². The van der Waals surface area contributed by atoms with E-state index in [0.717, 1.165) is 5.75 Å². The Bertz CT molecular complexity index is 886. The molecule has 0 radical (unpaired) electrons. The molecule has 0 aromatic heterocycles. The van der Waals surface area contributed by atoms with E-state index in [9.17, 15) is 9.59 Å². The molecular weight excluding hydrogens is 493 g/mol. The predicted octanol–water partition coefficient (Wildman–Crippen LogP) is 3.32. The average Bonchev–Trinajstić information content (AvgIpc) is 2.68. The number of carboxylic acids is 1. The van der Waals surface area contributed by atoms with Crippen LogP contribution in [0.15, 0.2) is 41.5 Å². The van der Waals surface area contributed by atoms with Crippen LogP contribution in [0.2, 0.25) is 0 Å². The third-order valence-electron chi connectivity index (χ3n) is 3.39. The molecule has 0 saturated carbocycles. The highest BCUT2D eigenvalue weighted by Crippen LogP contribution is 2.33. The van der Waals surface area contributed by atoms with Gasteiger partial charge in [0.25, 0.3) is 0 Å². The Morgan fingerprint density at radius 1 is 1.21 bits per heavy atom. The summed E-state index contributed by atoms with van der Waals surface area (Å²) in [6, 6.07) is 9.78. The Morgan fingerprint density at radius 2 is 1.93 bits per heavy atom. The van der Waals surface area contributed by atoms with Crippen molar-refractivity contribution in [2.75, 3.05) is 25.6 Å². The molecule has 0 saturated heterocycles. The number of nitrogens with one attached hydrogen (secondary N) is 2. The molecule has 2 aromatic carbocycles. The SMILES string of the molecule is CCOc1ccc(NC(=O)N/N=C/c2cc(I)c(OCC(=O)O)c(OC)c2)cc1. The summed E-state index contributed by atoms with van der Waals surface area (Å²) in [6.45, 7) is 1.98. The van der Waals surface area contributed by atoms with Gasteiger partial charge in [0, 0.05) is 5.69 Å². The number of hydrogen-bond donors (Lipinski definition) is 3. The van der Waals surface area contributed by atoms with E-state index in [-0.39, 0.29) is 0 Å². The van der Waals surface area contributed by atoms with Crippen LogP contribution in [0, 0.1) is 3.57 Å². The van der Waals surface area contributed by atoms with Crippen LogP contribution < -0.4 is 25.0 Å². The summed E-state index contributed by atoms with van der Waals surface area (Å²) in [4.78, 5) is 22.6. The highest BCUT2D eigenvalue weighted by Gasteiger charge is 2.12. The molecule has 9 nitrogen and oxygen atoms in total. The molecule has 2 aromatic rings. The number of ether oxygens (including phenoxy) is 3. The summed E-state index contributed by atoms with van der Waals surface area (Å²) in [5.74, 6) is 0.319. The zero-order valence-corrected chi connectivity index (χ0v) is 17.9. The average molecular weight is 513 g/mol. The van der Waals surface area contributed by atoms with Gasteiger partial charge in [-0.3, -0.25) is 0 Å². The van der Waals surface area contributed by atoms with E-state index in [4.69, 9.17) is 19.3 Å². The molecule has 2 amide bonds. The van der Waals surface area contributed by atoms with Crippen molar-refractivity contribution >= 4 is 46.5 Å². The van der Waals surface area contributed by atoms with E-state index in [1.807, 2.05) is 29.5 Å². The zero-order valence-electron chi connectivity index (χ0n) is 15.8. The summed E-state index contributed by atoms with van der Waals surface area (Å²) < 4.78 is 16.5. The molecule has 2 rings (SSSR count). The van der Waals surface area contributed by atoms with Gasteiger partial charge in [0.2, 0.25) is 0 Å². The van der Waals surface area contributed by atoms with Crippen molar-refractivity contribution in [3.63, 3.8) is 0 Å². The first-order chi connectivity index (χ1) is 13.9. The molecule has 0 heterocycles. The first-order valence-corrected chi connectivity index (χ1v) is 9.55. The van der Waals surface area contributed by atoms with E-state index in [2.05, 4.69) is 15.8 Å². The van der Waals surface area contributed by atoms with E-state index in [0.29, 0.717) is 32.9 Å². The summed E-state index contributed by atoms with van der Waals surface area (Å²) in [6.07, 6.45) is 1.43. The minimum absolute atomic E-state index is 0.328. The summed E-state index contributed by atoms with van der Waals surface area (Å²) in [5, 5.41) is 15.3. The fraction of sp³-hybridized carbons (Fsp3) is 0.211. The number of hydrogen-bond acceptors (Lipinski definition) is 6. The lowest BCUT2D eigenvalue weighted by atomic mass is 10.2. The van der Waals surface area contributed by atoms with Gasteiger partial charge in [0.15, 0.2) is 18.1 Å². The molecule has 0 aliphatic heterocycles. The number of halogens is 1. The highest BCUT2D eigenvalue weighted by molar-refractivity contribution is 14.1. The van der Waals surface area contributed by atoms with Gasteiger partial charge >= 0.3 is 12.0 Å². The number of benzene rings is 2. The van der Waals surface area contributed by atoms with Crippen LogP contribution in [-0.4, -0.2) is 43.6 Å². The fourth-order valence-corrected chi connectivity index (χ4v) is 3.00. The Hall–Kier alpha value is -3.02. The van der Waals surface area contributed by atoms with Crippen molar-refractivity contribution in [2.45, 2.75) is 6.92 Å².